The van der Waals surface area contributed by atoms with Crippen molar-refractivity contribution in [2.24, 2.45) is 5.73 Å². The Kier molecular flexibility index (Phi) is 5.10. The average Bonchev–Trinajstić information content (AvgIpc) is 3.20. The number of rotatable bonds is 6. The fourth-order valence-electron chi connectivity index (χ4n) is 3.76. The van der Waals surface area contributed by atoms with Crippen LogP contribution in [-0.4, -0.2) is 40.3 Å². The molecule has 0 aliphatic carbocycles. The fraction of sp³-hybridized carbons (Fsp3) is 0.208. The Morgan fingerprint density at radius 3 is 2.75 bits per heavy atom. The molecule has 0 saturated carbocycles. The predicted molar refractivity (Wildman–Crippen MR) is 118 cm³/mol. The van der Waals surface area contributed by atoms with Gasteiger partial charge in [-0.15, -0.1) is 0 Å². The van der Waals surface area contributed by atoms with Crippen LogP contribution in [0.25, 0.3) is 16.9 Å². The summed E-state index contributed by atoms with van der Waals surface area (Å²) in [6.07, 6.45) is 0.569. The number of hydrogen-bond acceptors (Lipinski definition) is 6. The molecular weight excluding hydrogens is 408 g/mol. The second-order valence-corrected chi connectivity index (χ2v) is 7.60. The minimum atomic E-state index is -0.504. The van der Waals surface area contributed by atoms with Crippen LogP contribution in [-0.2, 0) is 11.2 Å². The standard InChI is InChI=1S/C24H22N4O4/c1-15-11-16(5-7-19(15)32-14-22(25)29)12-23-26-24-4-2-3-18(28(24)27-23)17-6-8-20-21(13-17)31-10-9-30-20/h2-8,11,13H,9-10,12,14H2,1H3,(H2,25,29). The molecule has 32 heavy (non-hydrogen) atoms. The van der Waals surface area contributed by atoms with Crippen LogP contribution in [0.5, 0.6) is 17.2 Å². The molecule has 2 N–H and O–H groups in total. The summed E-state index contributed by atoms with van der Waals surface area (Å²) in [7, 11) is 0. The Morgan fingerprint density at radius 1 is 1.09 bits per heavy atom. The van der Waals surface area contributed by atoms with Crippen LogP contribution in [0.15, 0.2) is 54.6 Å². The van der Waals surface area contributed by atoms with E-state index in [-0.39, 0.29) is 6.61 Å². The summed E-state index contributed by atoms with van der Waals surface area (Å²) in [6, 6.07) is 17.6. The van der Waals surface area contributed by atoms with Crippen molar-refractivity contribution in [3.05, 3.63) is 71.5 Å². The Hall–Kier alpha value is -4.07. The second kappa shape index (κ2) is 8.22. The SMILES string of the molecule is Cc1cc(Cc2nc3cccc(-c4ccc5c(c4)OCCO5)n3n2)ccc1OCC(N)=O. The van der Waals surface area contributed by atoms with Crippen molar-refractivity contribution in [2.45, 2.75) is 13.3 Å². The quantitative estimate of drug-likeness (QED) is 0.505. The number of aromatic nitrogens is 3. The molecule has 1 aliphatic rings. The number of carbonyl (C=O) groups is 1. The maximum atomic E-state index is 10.9. The monoisotopic (exact) mass is 430 g/mol. The summed E-state index contributed by atoms with van der Waals surface area (Å²) in [5.74, 6) is 2.33. The third kappa shape index (κ3) is 3.94. The van der Waals surface area contributed by atoms with Crippen molar-refractivity contribution >= 4 is 11.6 Å². The van der Waals surface area contributed by atoms with Crippen LogP contribution in [0.3, 0.4) is 0 Å². The van der Waals surface area contributed by atoms with Crippen LogP contribution in [0.4, 0.5) is 0 Å². The number of benzene rings is 2. The van der Waals surface area contributed by atoms with Crippen LogP contribution in [0.1, 0.15) is 17.0 Å². The van der Waals surface area contributed by atoms with Gasteiger partial charge in [0, 0.05) is 12.0 Å². The van der Waals surface area contributed by atoms with Gasteiger partial charge in [0.2, 0.25) is 0 Å². The number of hydrogen-bond donors (Lipinski definition) is 1. The van der Waals surface area contributed by atoms with E-state index in [2.05, 4.69) is 0 Å². The van der Waals surface area contributed by atoms with Gasteiger partial charge in [-0.25, -0.2) is 9.50 Å². The Morgan fingerprint density at radius 2 is 1.94 bits per heavy atom. The Balaban J connectivity index is 1.42. The maximum absolute atomic E-state index is 10.9. The van der Waals surface area contributed by atoms with Crippen molar-refractivity contribution in [3.8, 4) is 28.5 Å². The van der Waals surface area contributed by atoms with Crippen molar-refractivity contribution in [3.63, 3.8) is 0 Å². The lowest BCUT2D eigenvalue weighted by Gasteiger charge is -2.19. The molecule has 3 heterocycles. The van der Waals surface area contributed by atoms with Crippen molar-refractivity contribution in [1.29, 1.82) is 0 Å². The van der Waals surface area contributed by atoms with E-state index in [0.29, 0.717) is 31.2 Å². The zero-order valence-electron chi connectivity index (χ0n) is 17.6. The van der Waals surface area contributed by atoms with Crippen molar-refractivity contribution in [1.82, 2.24) is 14.6 Å². The molecule has 5 rings (SSSR count). The number of amides is 1. The van der Waals surface area contributed by atoms with E-state index in [4.69, 9.17) is 30.0 Å². The fourth-order valence-corrected chi connectivity index (χ4v) is 3.76. The molecule has 2 aromatic carbocycles. The minimum Gasteiger partial charge on any atom is -0.486 e. The molecule has 162 valence electrons. The molecular formula is C24H22N4O4. The molecule has 0 saturated heterocycles. The van der Waals surface area contributed by atoms with Crippen molar-refractivity contribution in [2.75, 3.05) is 19.8 Å². The van der Waals surface area contributed by atoms with Gasteiger partial charge in [0.25, 0.3) is 5.91 Å². The van der Waals surface area contributed by atoms with E-state index in [9.17, 15) is 4.79 Å². The third-order valence-corrected chi connectivity index (χ3v) is 5.21. The highest BCUT2D eigenvalue weighted by molar-refractivity contribution is 5.75. The zero-order valence-corrected chi connectivity index (χ0v) is 17.6. The summed E-state index contributed by atoms with van der Waals surface area (Å²) in [4.78, 5) is 15.6. The van der Waals surface area contributed by atoms with Crippen LogP contribution in [0.2, 0.25) is 0 Å². The smallest absolute Gasteiger partial charge is 0.255 e. The number of ether oxygens (including phenoxy) is 3. The molecule has 1 amide bonds. The zero-order chi connectivity index (χ0) is 22.1. The van der Waals surface area contributed by atoms with E-state index in [1.54, 1.807) is 0 Å². The third-order valence-electron chi connectivity index (χ3n) is 5.21. The van der Waals surface area contributed by atoms with E-state index < -0.39 is 5.91 Å². The van der Waals surface area contributed by atoms with Gasteiger partial charge in [0.1, 0.15) is 19.0 Å². The first-order chi connectivity index (χ1) is 15.6. The lowest BCUT2D eigenvalue weighted by Crippen LogP contribution is -2.20. The van der Waals surface area contributed by atoms with E-state index in [0.717, 1.165) is 39.5 Å². The summed E-state index contributed by atoms with van der Waals surface area (Å²) >= 11 is 0. The number of pyridine rings is 1. The lowest BCUT2D eigenvalue weighted by atomic mass is 10.1. The van der Waals surface area contributed by atoms with Gasteiger partial charge < -0.3 is 19.9 Å². The highest BCUT2D eigenvalue weighted by atomic mass is 16.6. The van der Waals surface area contributed by atoms with Crippen molar-refractivity contribution < 1.29 is 19.0 Å². The molecule has 0 bridgehead atoms. The first-order valence-electron chi connectivity index (χ1n) is 10.3. The molecule has 0 fully saturated rings. The number of aryl methyl sites for hydroxylation is 1. The van der Waals surface area contributed by atoms with Gasteiger partial charge in [-0.2, -0.15) is 5.10 Å². The first kappa shape index (κ1) is 19.9. The highest BCUT2D eigenvalue weighted by Crippen LogP contribution is 2.34. The molecule has 0 spiro atoms. The summed E-state index contributed by atoms with van der Waals surface area (Å²) < 4.78 is 18.6. The molecule has 8 nitrogen and oxygen atoms in total. The summed E-state index contributed by atoms with van der Waals surface area (Å²) in [6.45, 7) is 2.89. The lowest BCUT2D eigenvalue weighted by molar-refractivity contribution is -0.119. The first-order valence-corrected chi connectivity index (χ1v) is 10.3. The Labute approximate surface area is 184 Å². The molecule has 0 atom stereocenters. The topological polar surface area (TPSA) is 101 Å². The van der Waals surface area contributed by atoms with E-state index >= 15 is 0 Å². The molecule has 8 heteroatoms. The molecule has 4 aromatic rings. The van der Waals surface area contributed by atoms with Gasteiger partial charge in [0.15, 0.2) is 29.6 Å². The Bertz CT molecular complexity index is 1310. The summed E-state index contributed by atoms with van der Waals surface area (Å²) in [5.41, 5.74) is 9.78. The maximum Gasteiger partial charge on any atom is 0.255 e. The van der Waals surface area contributed by atoms with Crippen LogP contribution in [0, 0.1) is 6.92 Å². The number of nitrogens with two attached hydrogens (primary N) is 1. The average molecular weight is 430 g/mol. The summed E-state index contributed by atoms with van der Waals surface area (Å²) in [5, 5.41) is 4.75. The number of primary amides is 1. The van der Waals surface area contributed by atoms with Gasteiger partial charge in [-0.3, -0.25) is 4.79 Å². The molecule has 0 unspecified atom stereocenters. The number of carbonyl (C=O) groups excluding carboxylic acids is 1. The van der Waals surface area contributed by atoms with E-state index in [1.807, 2.05) is 66.0 Å². The molecule has 0 radical (unpaired) electrons. The number of nitrogens with zero attached hydrogens (tertiary/aromatic N) is 3. The normalized spacial score (nSPS) is 12.7. The van der Waals surface area contributed by atoms with Gasteiger partial charge >= 0.3 is 0 Å². The molecule has 1 aliphatic heterocycles. The predicted octanol–water partition coefficient (Wildman–Crippen LogP) is 2.93. The second-order valence-electron chi connectivity index (χ2n) is 7.60. The highest BCUT2D eigenvalue weighted by Gasteiger charge is 2.15. The van der Waals surface area contributed by atoms with Crippen LogP contribution >= 0.6 is 0 Å². The van der Waals surface area contributed by atoms with Gasteiger partial charge in [-0.1, -0.05) is 18.2 Å². The van der Waals surface area contributed by atoms with Gasteiger partial charge in [-0.05, 0) is 54.4 Å². The largest absolute Gasteiger partial charge is 0.486 e. The molecule has 2 aromatic heterocycles. The number of fused-ring (bicyclic) bond motifs is 2. The van der Waals surface area contributed by atoms with Crippen LogP contribution < -0.4 is 19.9 Å². The minimum absolute atomic E-state index is 0.142. The van der Waals surface area contributed by atoms with E-state index in [1.165, 1.54) is 0 Å². The van der Waals surface area contributed by atoms with Gasteiger partial charge in [0.05, 0.1) is 5.69 Å².